The Kier molecular flexibility index (Phi) is 14.4. The summed E-state index contributed by atoms with van der Waals surface area (Å²) >= 11 is 1.66. The van der Waals surface area contributed by atoms with E-state index in [2.05, 4.69) is 105 Å². The molecule has 0 nitrogen and oxygen atoms in total. The molecule has 0 radical (unpaired) electrons. The maximum absolute atomic E-state index is 4.93. The predicted molar refractivity (Wildman–Crippen MR) is 210 cm³/mol. The van der Waals surface area contributed by atoms with E-state index in [4.69, 9.17) is 17.0 Å². The van der Waals surface area contributed by atoms with Gasteiger partial charge in [-0.1, -0.05) is 119 Å². The molecule has 262 valence electrons. The first kappa shape index (κ1) is 41.7. The van der Waals surface area contributed by atoms with Crippen LogP contribution in [-0.2, 0) is 31.7 Å². The molecule has 5 fully saturated rings. The van der Waals surface area contributed by atoms with E-state index in [9.17, 15) is 0 Å². The first-order valence-corrected chi connectivity index (χ1v) is 28.7. The summed E-state index contributed by atoms with van der Waals surface area (Å²) in [5.74, 6) is 7.51. The molecule has 5 heteroatoms. The van der Waals surface area contributed by atoms with E-state index in [1.807, 2.05) is 0 Å². The van der Waals surface area contributed by atoms with Crippen molar-refractivity contribution in [3.8, 4) is 0 Å². The molecule has 5 aliphatic rings. The Morgan fingerprint density at radius 3 is 1.83 bits per heavy atom. The predicted octanol–water partition coefficient (Wildman–Crippen LogP) is 14.1. The van der Waals surface area contributed by atoms with E-state index in [0.717, 1.165) is 68.9 Å². The zero-order chi connectivity index (χ0) is 32.4. The third-order valence-corrected chi connectivity index (χ3v) is 21.3. The summed E-state index contributed by atoms with van der Waals surface area (Å²) in [6.07, 6.45) is 12.0. The zero-order valence-corrected chi connectivity index (χ0v) is 37.8. The molecule has 1 aromatic carbocycles. The van der Waals surface area contributed by atoms with Crippen molar-refractivity contribution < 1.29 is 20.8 Å². The van der Waals surface area contributed by atoms with Crippen LogP contribution >= 0.6 is 28.8 Å². The summed E-state index contributed by atoms with van der Waals surface area (Å²) in [5, 5.41) is 1.97. The second kappa shape index (κ2) is 15.9. The van der Waals surface area contributed by atoms with E-state index < -0.39 is 28.9 Å². The monoisotopic (exact) mass is 782 g/mol. The van der Waals surface area contributed by atoms with E-state index in [0.29, 0.717) is 0 Å². The standard InChI is InChI=1S/C39H64SSi.2CH3.2ClH.Zr/c1-23-19-32-29(26-20-27(38(4,5)6)22-28(21-26)39(7,8)9)16-14-17-30(32)36(23)41(10,11)37-25(3)24(2)35-34(37)31-15-12-13-18-33(31)40-35;;;;;/h20-25,29-37H,12-19H2,1-11H3;2*1H3;2*1H;/q;2*-1;;;+4/p-2. The van der Waals surface area contributed by atoms with Gasteiger partial charge in [-0.05, 0) is 112 Å². The van der Waals surface area contributed by atoms with Gasteiger partial charge in [-0.3, -0.25) is 0 Å². The number of halogens is 2. The van der Waals surface area contributed by atoms with E-state index in [-0.39, 0.29) is 25.7 Å². The molecule has 4 aliphatic carbocycles. The normalized spacial score (nSPS) is 38.6. The number of rotatable bonds is 3. The molecule has 0 spiro atoms. The van der Waals surface area contributed by atoms with Crippen LogP contribution in [-0.4, -0.2) is 18.6 Å². The summed E-state index contributed by atoms with van der Waals surface area (Å²) in [7, 11) is 8.37. The average Bonchev–Trinajstić information content (AvgIpc) is 3.56. The first-order valence-electron chi connectivity index (χ1n) is 18.3. The summed E-state index contributed by atoms with van der Waals surface area (Å²) in [4.78, 5) is 0. The Hall–Kier alpha value is 1.25. The van der Waals surface area contributed by atoms with Crippen molar-refractivity contribution in [3.05, 3.63) is 49.7 Å². The van der Waals surface area contributed by atoms with Crippen LogP contribution in [0.2, 0.25) is 24.2 Å². The van der Waals surface area contributed by atoms with Crippen LogP contribution in [0.4, 0.5) is 0 Å². The second-order valence-corrected chi connectivity index (χ2v) is 28.9. The second-order valence-electron chi connectivity index (χ2n) is 18.7. The minimum absolute atomic E-state index is 0. The zero-order valence-electron chi connectivity index (χ0n) is 32.0. The number of thioether (sulfide) groups is 1. The first-order chi connectivity index (χ1) is 20.5. The van der Waals surface area contributed by atoms with Gasteiger partial charge >= 0.3 is 37.9 Å². The van der Waals surface area contributed by atoms with Crippen LogP contribution in [0.1, 0.15) is 136 Å². The van der Waals surface area contributed by atoms with Gasteiger partial charge in [-0.15, -0.1) is 0 Å². The molecule has 1 heterocycles. The minimum atomic E-state index is -1.50. The van der Waals surface area contributed by atoms with Crippen LogP contribution in [0.3, 0.4) is 0 Å². The third-order valence-electron chi connectivity index (χ3n) is 14.0. The van der Waals surface area contributed by atoms with Crippen molar-refractivity contribution in [1.29, 1.82) is 0 Å². The van der Waals surface area contributed by atoms with Crippen LogP contribution < -0.4 is 0 Å². The van der Waals surface area contributed by atoms with E-state index in [1.165, 1.54) is 44.9 Å². The fourth-order valence-electron chi connectivity index (χ4n) is 12.1. The summed E-state index contributed by atoms with van der Waals surface area (Å²) in [6, 6.07) is 7.86. The molecule has 6 rings (SSSR count). The summed E-state index contributed by atoms with van der Waals surface area (Å²) in [6.45, 7) is 28.4. The summed E-state index contributed by atoms with van der Waals surface area (Å²) < 4.78 is 0. The third kappa shape index (κ3) is 7.85. The average molecular weight is 785 g/mol. The van der Waals surface area contributed by atoms with Gasteiger partial charge in [0.25, 0.3) is 0 Å². The number of fused-ring (bicyclic) bond motifs is 4. The molecule has 1 aromatic rings. The van der Waals surface area contributed by atoms with Crippen molar-refractivity contribution in [2.45, 2.75) is 165 Å². The van der Waals surface area contributed by atoms with Crippen molar-refractivity contribution in [2.75, 3.05) is 0 Å². The summed E-state index contributed by atoms with van der Waals surface area (Å²) in [5.41, 5.74) is 7.28. The Bertz CT molecular complexity index is 1110. The van der Waals surface area contributed by atoms with Gasteiger partial charge in [-0.25, -0.2) is 0 Å². The van der Waals surface area contributed by atoms with Crippen molar-refractivity contribution in [2.24, 2.45) is 41.4 Å². The molecule has 0 amide bonds. The van der Waals surface area contributed by atoms with Crippen molar-refractivity contribution in [1.82, 2.24) is 0 Å². The van der Waals surface area contributed by atoms with Gasteiger partial charge < -0.3 is 14.9 Å². The fourth-order valence-corrected chi connectivity index (χ4v) is 21.2. The molecule has 1 aliphatic heterocycles. The molecular formula is C41H70Cl2SSiZr. The molecule has 46 heavy (non-hydrogen) atoms. The van der Waals surface area contributed by atoms with Gasteiger partial charge in [0.15, 0.2) is 0 Å². The van der Waals surface area contributed by atoms with Gasteiger partial charge in [0.1, 0.15) is 0 Å². The van der Waals surface area contributed by atoms with Crippen molar-refractivity contribution >= 4 is 36.9 Å². The Labute approximate surface area is 311 Å². The molecule has 0 N–H and O–H groups in total. The molecular weight excluding hydrogens is 715 g/mol. The van der Waals surface area contributed by atoms with Crippen LogP contribution in [0.5, 0.6) is 0 Å². The number of hydrogen-bond donors (Lipinski definition) is 0. The molecule has 0 bridgehead atoms. The Balaban J connectivity index is 0.00000111. The van der Waals surface area contributed by atoms with E-state index in [1.54, 1.807) is 23.1 Å². The number of benzene rings is 1. The Morgan fingerprint density at radius 2 is 1.26 bits per heavy atom. The molecule has 4 saturated carbocycles. The molecule has 1 saturated heterocycles. The maximum atomic E-state index is 4.93. The fraction of sp³-hybridized carbons (Fsp3) is 0.805. The van der Waals surface area contributed by atoms with E-state index >= 15 is 0 Å². The quantitative estimate of drug-likeness (QED) is 0.217. The van der Waals surface area contributed by atoms with Gasteiger partial charge in [0.05, 0.1) is 8.07 Å². The van der Waals surface area contributed by atoms with Crippen LogP contribution in [0.25, 0.3) is 0 Å². The van der Waals surface area contributed by atoms with Gasteiger partial charge in [0.2, 0.25) is 0 Å². The molecule has 12 unspecified atom stereocenters. The van der Waals surface area contributed by atoms with Gasteiger partial charge in [0, 0.05) is 10.5 Å². The molecule has 12 atom stereocenters. The van der Waals surface area contributed by atoms with Crippen LogP contribution in [0.15, 0.2) is 18.2 Å². The van der Waals surface area contributed by atoms with Crippen molar-refractivity contribution in [3.63, 3.8) is 0 Å². The SMILES string of the molecule is CC1CC2C(c3cc(C(C)(C)C)cc(C(C)(C)C)c3)CCCC2C1[Si](C)(C)C1C(C)C(C)C2SC3CCCCC3C21.[CH3-].[CH3-].[Cl][Zr+2][Cl]. The number of hydrogen-bond acceptors (Lipinski definition) is 1. The Morgan fingerprint density at radius 1 is 0.717 bits per heavy atom. The topological polar surface area (TPSA) is 0 Å². The van der Waals surface area contributed by atoms with Gasteiger partial charge in [-0.2, -0.15) is 11.8 Å². The molecule has 0 aromatic heterocycles. The van der Waals surface area contributed by atoms with Crippen LogP contribution in [0, 0.1) is 56.3 Å².